The molecular formula is C6H11N3O3S2. The molecule has 0 amide bonds. The Labute approximate surface area is 85.8 Å². The Kier molecular flexibility index (Phi) is 3.43. The largest absolute Gasteiger partial charge is 0.395 e. The van der Waals surface area contributed by atoms with Gasteiger partial charge in [-0.3, -0.25) is 0 Å². The van der Waals surface area contributed by atoms with Crippen molar-refractivity contribution < 1.29 is 13.5 Å². The van der Waals surface area contributed by atoms with E-state index in [2.05, 4.69) is 9.71 Å². The SMILES string of the molecule is C[C@@H](CO)NS(=O)(=O)c1cnc(N)s1. The molecule has 80 valence electrons. The summed E-state index contributed by atoms with van der Waals surface area (Å²) in [5.74, 6) is 0. The molecule has 1 aromatic heterocycles. The zero-order chi connectivity index (χ0) is 10.8. The number of hydrogen-bond donors (Lipinski definition) is 3. The van der Waals surface area contributed by atoms with Gasteiger partial charge in [0, 0.05) is 6.04 Å². The number of nitrogens with zero attached hydrogens (tertiary/aromatic N) is 1. The number of nitrogen functional groups attached to an aromatic ring is 1. The molecule has 0 spiro atoms. The number of nitrogens with two attached hydrogens (primary N) is 1. The van der Waals surface area contributed by atoms with E-state index in [4.69, 9.17) is 10.8 Å². The van der Waals surface area contributed by atoms with Gasteiger partial charge in [-0.25, -0.2) is 18.1 Å². The number of hydrogen-bond acceptors (Lipinski definition) is 6. The Bertz CT molecular complexity index is 400. The Morgan fingerprint density at radius 1 is 1.79 bits per heavy atom. The minimum Gasteiger partial charge on any atom is -0.395 e. The van der Waals surface area contributed by atoms with Crippen LogP contribution in [0, 0.1) is 0 Å². The molecular weight excluding hydrogens is 226 g/mol. The van der Waals surface area contributed by atoms with Gasteiger partial charge < -0.3 is 10.8 Å². The van der Waals surface area contributed by atoms with Gasteiger partial charge in [0.1, 0.15) is 0 Å². The highest BCUT2D eigenvalue weighted by Gasteiger charge is 2.19. The fourth-order valence-corrected chi connectivity index (χ4v) is 2.92. The van der Waals surface area contributed by atoms with Crippen LogP contribution in [0.25, 0.3) is 0 Å². The fraction of sp³-hybridized carbons (Fsp3) is 0.500. The molecule has 1 atom stereocenters. The molecule has 0 aliphatic rings. The Hall–Kier alpha value is -0.700. The van der Waals surface area contributed by atoms with Crippen molar-refractivity contribution in [3.63, 3.8) is 0 Å². The van der Waals surface area contributed by atoms with Gasteiger partial charge in [-0.1, -0.05) is 11.3 Å². The number of anilines is 1. The van der Waals surface area contributed by atoms with Gasteiger partial charge in [-0.05, 0) is 6.92 Å². The van der Waals surface area contributed by atoms with Crippen LogP contribution in [0.4, 0.5) is 5.13 Å². The number of sulfonamides is 1. The van der Waals surface area contributed by atoms with E-state index in [0.717, 1.165) is 11.3 Å². The van der Waals surface area contributed by atoms with Gasteiger partial charge in [0.05, 0.1) is 12.8 Å². The Morgan fingerprint density at radius 2 is 2.43 bits per heavy atom. The van der Waals surface area contributed by atoms with Gasteiger partial charge in [0.25, 0.3) is 10.0 Å². The normalized spacial score (nSPS) is 14.1. The maximum absolute atomic E-state index is 11.5. The quantitative estimate of drug-likeness (QED) is 0.647. The second kappa shape index (κ2) is 4.22. The highest BCUT2D eigenvalue weighted by atomic mass is 32.2. The molecule has 0 saturated heterocycles. The summed E-state index contributed by atoms with van der Waals surface area (Å²) in [6, 6.07) is -0.525. The van der Waals surface area contributed by atoms with E-state index < -0.39 is 16.1 Å². The van der Waals surface area contributed by atoms with E-state index in [9.17, 15) is 8.42 Å². The summed E-state index contributed by atoms with van der Waals surface area (Å²) >= 11 is 0.882. The number of aromatic nitrogens is 1. The fourth-order valence-electron chi connectivity index (χ4n) is 0.757. The third kappa shape index (κ3) is 2.64. The maximum Gasteiger partial charge on any atom is 0.252 e. The summed E-state index contributed by atoms with van der Waals surface area (Å²) in [5.41, 5.74) is 5.30. The third-order valence-corrected chi connectivity index (χ3v) is 4.27. The van der Waals surface area contributed by atoms with E-state index >= 15 is 0 Å². The number of nitrogens with one attached hydrogen (secondary N) is 1. The number of rotatable bonds is 4. The van der Waals surface area contributed by atoms with Gasteiger partial charge in [-0.15, -0.1) is 0 Å². The summed E-state index contributed by atoms with van der Waals surface area (Å²) in [5, 5.41) is 8.88. The predicted octanol–water partition coefficient (Wildman–Crippen LogP) is -0.616. The van der Waals surface area contributed by atoms with Crippen molar-refractivity contribution in [2.45, 2.75) is 17.2 Å². The lowest BCUT2D eigenvalue weighted by molar-refractivity contribution is 0.265. The Balaban J connectivity index is 2.86. The molecule has 0 saturated carbocycles. The third-order valence-electron chi connectivity index (χ3n) is 1.40. The molecule has 1 heterocycles. The van der Waals surface area contributed by atoms with E-state index in [1.165, 1.54) is 6.20 Å². The molecule has 0 bridgehead atoms. The van der Waals surface area contributed by atoms with Crippen LogP contribution in [-0.4, -0.2) is 31.2 Å². The highest BCUT2D eigenvalue weighted by molar-refractivity contribution is 7.91. The molecule has 0 aromatic carbocycles. The summed E-state index contributed by atoms with van der Waals surface area (Å²) in [6.45, 7) is 1.30. The van der Waals surface area contributed by atoms with Crippen LogP contribution in [0.5, 0.6) is 0 Å². The topological polar surface area (TPSA) is 105 Å². The van der Waals surface area contributed by atoms with E-state index in [-0.39, 0.29) is 15.9 Å². The van der Waals surface area contributed by atoms with Gasteiger partial charge in [0.15, 0.2) is 9.34 Å². The van der Waals surface area contributed by atoms with Crippen LogP contribution >= 0.6 is 11.3 Å². The van der Waals surface area contributed by atoms with Crippen LogP contribution in [0.1, 0.15) is 6.92 Å². The molecule has 1 rings (SSSR count). The van der Waals surface area contributed by atoms with Crippen LogP contribution in [0.3, 0.4) is 0 Å². The summed E-state index contributed by atoms with van der Waals surface area (Å²) in [6.07, 6.45) is 1.19. The minimum absolute atomic E-state index is 0.0512. The van der Waals surface area contributed by atoms with Crippen molar-refractivity contribution >= 4 is 26.5 Å². The second-order valence-electron chi connectivity index (χ2n) is 2.72. The van der Waals surface area contributed by atoms with Crippen molar-refractivity contribution in [1.29, 1.82) is 0 Å². The average Bonchev–Trinajstić information content (AvgIpc) is 2.51. The van der Waals surface area contributed by atoms with Crippen molar-refractivity contribution in [3.05, 3.63) is 6.20 Å². The average molecular weight is 237 g/mol. The van der Waals surface area contributed by atoms with Gasteiger partial charge in [-0.2, -0.15) is 0 Å². The first kappa shape index (κ1) is 11.4. The molecule has 0 radical (unpaired) electrons. The summed E-state index contributed by atoms with van der Waals surface area (Å²) in [7, 11) is -3.58. The zero-order valence-electron chi connectivity index (χ0n) is 7.47. The van der Waals surface area contributed by atoms with Crippen molar-refractivity contribution in [1.82, 2.24) is 9.71 Å². The van der Waals surface area contributed by atoms with E-state index in [1.54, 1.807) is 6.92 Å². The predicted molar refractivity (Wildman–Crippen MR) is 53.4 cm³/mol. The molecule has 0 aliphatic carbocycles. The maximum atomic E-state index is 11.5. The monoisotopic (exact) mass is 237 g/mol. The zero-order valence-corrected chi connectivity index (χ0v) is 9.10. The lowest BCUT2D eigenvalue weighted by atomic mass is 10.4. The second-order valence-corrected chi connectivity index (χ2v) is 5.73. The number of thiazole rings is 1. The molecule has 0 aliphatic heterocycles. The molecule has 0 unspecified atom stereocenters. The summed E-state index contributed by atoms with van der Waals surface area (Å²) in [4.78, 5) is 3.63. The van der Waals surface area contributed by atoms with Crippen LogP contribution in [0.2, 0.25) is 0 Å². The van der Waals surface area contributed by atoms with Crippen LogP contribution in [0.15, 0.2) is 10.4 Å². The van der Waals surface area contributed by atoms with Crippen molar-refractivity contribution in [2.75, 3.05) is 12.3 Å². The molecule has 1 aromatic rings. The van der Waals surface area contributed by atoms with E-state index in [0.29, 0.717) is 0 Å². The first-order valence-electron chi connectivity index (χ1n) is 3.80. The van der Waals surface area contributed by atoms with Crippen LogP contribution < -0.4 is 10.5 Å². The minimum atomic E-state index is -3.58. The highest BCUT2D eigenvalue weighted by Crippen LogP contribution is 2.19. The molecule has 0 fully saturated rings. The standard InChI is InChI=1S/C6H11N3O3S2/c1-4(3-10)9-14(11,12)5-2-8-6(7)13-5/h2,4,9-10H,3H2,1H3,(H2,7,8)/t4-/m0/s1. The number of aliphatic hydroxyl groups is 1. The molecule has 14 heavy (non-hydrogen) atoms. The molecule has 6 nitrogen and oxygen atoms in total. The van der Waals surface area contributed by atoms with Gasteiger partial charge >= 0.3 is 0 Å². The lowest BCUT2D eigenvalue weighted by Crippen LogP contribution is -2.34. The molecule has 8 heteroatoms. The summed E-state index contributed by atoms with van der Waals surface area (Å²) < 4.78 is 25.3. The lowest BCUT2D eigenvalue weighted by Gasteiger charge is -2.08. The Morgan fingerprint density at radius 3 is 2.86 bits per heavy atom. The van der Waals surface area contributed by atoms with Crippen LogP contribution in [-0.2, 0) is 10.0 Å². The van der Waals surface area contributed by atoms with Crippen molar-refractivity contribution in [3.8, 4) is 0 Å². The first-order valence-corrected chi connectivity index (χ1v) is 6.10. The van der Waals surface area contributed by atoms with Gasteiger partial charge in [0.2, 0.25) is 0 Å². The smallest absolute Gasteiger partial charge is 0.252 e. The first-order chi connectivity index (χ1) is 6.45. The number of aliphatic hydroxyl groups excluding tert-OH is 1. The molecule has 4 N–H and O–H groups in total. The van der Waals surface area contributed by atoms with Crippen molar-refractivity contribution in [2.24, 2.45) is 0 Å². The van der Waals surface area contributed by atoms with E-state index in [1.807, 2.05) is 0 Å².